The third-order valence-corrected chi connectivity index (χ3v) is 3.47. The van der Waals surface area contributed by atoms with Crippen molar-refractivity contribution in [3.05, 3.63) is 70.5 Å². The smallest absolute Gasteiger partial charge is 0.253 e. The van der Waals surface area contributed by atoms with Crippen LogP contribution in [0.2, 0.25) is 0 Å². The Morgan fingerprint density at radius 1 is 1.10 bits per heavy atom. The fourth-order valence-corrected chi connectivity index (χ4v) is 2.05. The van der Waals surface area contributed by atoms with E-state index in [1.54, 1.807) is 25.2 Å². The lowest BCUT2D eigenvalue weighted by molar-refractivity contribution is 0.0784. The molecule has 2 rings (SSSR count). The predicted molar refractivity (Wildman–Crippen MR) is 78.1 cm³/mol. The highest BCUT2D eigenvalue weighted by molar-refractivity contribution is 5.94. The van der Waals surface area contributed by atoms with Gasteiger partial charge in [0, 0.05) is 24.7 Å². The third kappa shape index (κ3) is 3.05. The fourth-order valence-electron chi connectivity index (χ4n) is 2.05. The molecule has 0 spiro atoms. The zero-order valence-corrected chi connectivity index (χ0v) is 12.0. The van der Waals surface area contributed by atoms with Crippen molar-refractivity contribution in [3.63, 3.8) is 0 Å². The molecule has 0 atom stereocenters. The second-order valence-corrected chi connectivity index (χ2v) is 5.05. The van der Waals surface area contributed by atoms with Crippen molar-refractivity contribution in [2.75, 3.05) is 7.05 Å². The molecule has 2 nitrogen and oxygen atoms in total. The van der Waals surface area contributed by atoms with Gasteiger partial charge in [-0.15, -0.1) is 0 Å². The van der Waals surface area contributed by atoms with Gasteiger partial charge in [0.05, 0.1) is 0 Å². The van der Waals surface area contributed by atoms with Crippen LogP contribution in [-0.2, 0) is 6.54 Å². The lowest BCUT2D eigenvalue weighted by Gasteiger charge is -2.18. The molecule has 2 aromatic rings. The van der Waals surface area contributed by atoms with E-state index in [-0.39, 0.29) is 18.3 Å². The summed E-state index contributed by atoms with van der Waals surface area (Å²) in [5, 5.41) is 0. The van der Waals surface area contributed by atoms with Gasteiger partial charge in [0.15, 0.2) is 0 Å². The molecule has 0 saturated heterocycles. The molecule has 0 aliphatic rings. The lowest BCUT2D eigenvalue weighted by Crippen LogP contribution is -2.26. The van der Waals surface area contributed by atoms with E-state index in [4.69, 9.17) is 0 Å². The molecule has 0 N–H and O–H groups in total. The number of halogens is 1. The first kappa shape index (κ1) is 14.3. The summed E-state index contributed by atoms with van der Waals surface area (Å²) in [7, 11) is 1.68. The van der Waals surface area contributed by atoms with Gasteiger partial charge < -0.3 is 4.90 Å². The molecule has 0 fully saturated rings. The van der Waals surface area contributed by atoms with Crippen molar-refractivity contribution in [2.24, 2.45) is 0 Å². The summed E-state index contributed by atoms with van der Waals surface area (Å²) in [5.41, 5.74) is 3.38. The largest absolute Gasteiger partial charge is 0.337 e. The van der Waals surface area contributed by atoms with Gasteiger partial charge in [0.25, 0.3) is 5.91 Å². The summed E-state index contributed by atoms with van der Waals surface area (Å²) in [6.45, 7) is 4.24. The number of amides is 1. The molecule has 20 heavy (non-hydrogen) atoms. The monoisotopic (exact) mass is 271 g/mol. The number of rotatable bonds is 3. The van der Waals surface area contributed by atoms with Crippen molar-refractivity contribution in [2.45, 2.75) is 20.4 Å². The van der Waals surface area contributed by atoms with Crippen LogP contribution >= 0.6 is 0 Å². The lowest BCUT2D eigenvalue weighted by atomic mass is 10.1. The zero-order valence-electron chi connectivity index (χ0n) is 12.0. The van der Waals surface area contributed by atoms with E-state index in [1.807, 2.05) is 32.0 Å². The topological polar surface area (TPSA) is 20.3 Å². The first-order valence-corrected chi connectivity index (χ1v) is 6.55. The molecule has 3 heteroatoms. The number of aryl methyl sites for hydroxylation is 2. The van der Waals surface area contributed by atoms with Gasteiger partial charge >= 0.3 is 0 Å². The quantitative estimate of drug-likeness (QED) is 0.833. The molecule has 0 radical (unpaired) electrons. The summed E-state index contributed by atoms with van der Waals surface area (Å²) < 4.78 is 13.6. The molecule has 104 valence electrons. The van der Waals surface area contributed by atoms with E-state index < -0.39 is 0 Å². The van der Waals surface area contributed by atoms with Crippen LogP contribution in [0.15, 0.2) is 42.5 Å². The van der Waals surface area contributed by atoms with Crippen LogP contribution < -0.4 is 0 Å². The van der Waals surface area contributed by atoms with E-state index in [0.717, 1.165) is 11.1 Å². The van der Waals surface area contributed by atoms with E-state index >= 15 is 0 Å². The van der Waals surface area contributed by atoms with Crippen LogP contribution in [0.5, 0.6) is 0 Å². The maximum absolute atomic E-state index is 13.6. The maximum Gasteiger partial charge on any atom is 0.253 e. The Kier molecular flexibility index (Phi) is 4.18. The molecule has 0 aliphatic carbocycles. The van der Waals surface area contributed by atoms with Crippen molar-refractivity contribution >= 4 is 5.91 Å². The Labute approximate surface area is 118 Å². The highest BCUT2D eigenvalue weighted by atomic mass is 19.1. The van der Waals surface area contributed by atoms with Gasteiger partial charge in [-0.2, -0.15) is 0 Å². The van der Waals surface area contributed by atoms with Gasteiger partial charge in [-0.05, 0) is 43.2 Å². The number of carbonyl (C=O) groups excluding carboxylic acids is 1. The van der Waals surface area contributed by atoms with Crippen LogP contribution in [0, 0.1) is 19.7 Å². The number of nitrogens with zero attached hydrogens (tertiary/aromatic N) is 1. The Balaban J connectivity index is 2.16. The molecule has 1 amide bonds. The summed E-state index contributed by atoms with van der Waals surface area (Å²) >= 11 is 0. The van der Waals surface area contributed by atoms with Crippen LogP contribution in [0.4, 0.5) is 4.39 Å². The SMILES string of the molecule is Cc1ccc(C(=O)N(C)Cc2ccccc2F)cc1C. The van der Waals surface area contributed by atoms with Gasteiger partial charge in [-0.3, -0.25) is 4.79 Å². The van der Waals surface area contributed by atoms with Crippen molar-refractivity contribution in [1.29, 1.82) is 0 Å². The second-order valence-electron chi connectivity index (χ2n) is 5.05. The number of hydrogen-bond donors (Lipinski definition) is 0. The van der Waals surface area contributed by atoms with Gasteiger partial charge in [-0.1, -0.05) is 24.3 Å². The average Bonchev–Trinajstić information content (AvgIpc) is 2.43. The number of carbonyl (C=O) groups is 1. The fraction of sp³-hybridized carbons (Fsp3) is 0.235. The average molecular weight is 271 g/mol. The highest BCUT2D eigenvalue weighted by Crippen LogP contribution is 2.14. The van der Waals surface area contributed by atoms with Crippen molar-refractivity contribution in [1.82, 2.24) is 4.90 Å². The molecular formula is C17H18FNO. The standard InChI is InChI=1S/C17H18FNO/c1-12-8-9-14(10-13(12)2)17(20)19(3)11-15-6-4-5-7-16(15)18/h4-10H,11H2,1-3H3. The normalized spacial score (nSPS) is 10.4. The van der Waals surface area contributed by atoms with E-state index in [2.05, 4.69) is 0 Å². The van der Waals surface area contributed by atoms with Crippen LogP contribution in [-0.4, -0.2) is 17.9 Å². The van der Waals surface area contributed by atoms with Crippen molar-refractivity contribution < 1.29 is 9.18 Å². The van der Waals surface area contributed by atoms with E-state index in [9.17, 15) is 9.18 Å². The summed E-state index contributed by atoms with van der Waals surface area (Å²) in [6.07, 6.45) is 0. The van der Waals surface area contributed by atoms with Crippen LogP contribution in [0.25, 0.3) is 0 Å². The Morgan fingerprint density at radius 2 is 1.80 bits per heavy atom. The molecule has 0 unspecified atom stereocenters. The molecule has 0 aromatic heterocycles. The third-order valence-electron chi connectivity index (χ3n) is 3.47. The minimum Gasteiger partial charge on any atom is -0.337 e. The van der Waals surface area contributed by atoms with Gasteiger partial charge in [-0.25, -0.2) is 4.39 Å². The number of benzene rings is 2. The molecular weight excluding hydrogens is 253 g/mol. The van der Waals surface area contributed by atoms with Crippen LogP contribution in [0.3, 0.4) is 0 Å². The van der Waals surface area contributed by atoms with E-state index in [1.165, 1.54) is 11.0 Å². The minimum atomic E-state index is -0.285. The predicted octanol–water partition coefficient (Wildman–Crippen LogP) is 3.71. The molecule has 0 saturated carbocycles. The second kappa shape index (κ2) is 5.87. The van der Waals surface area contributed by atoms with Crippen LogP contribution in [0.1, 0.15) is 27.0 Å². The zero-order chi connectivity index (χ0) is 14.7. The Bertz CT molecular complexity index is 637. The highest BCUT2D eigenvalue weighted by Gasteiger charge is 2.14. The Morgan fingerprint density at radius 3 is 2.45 bits per heavy atom. The Hall–Kier alpha value is -2.16. The molecule has 0 bridgehead atoms. The molecule has 0 heterocycles. The molecule has 0 aliphatic heterocycles. The van der Waals surface area contributed by atoms with Gasteiger partial charge in [0.1, 0.15) is 5.82 Å². The maximum atomic E-state index is 13.6. The number of hydrogen-bond acceptors (Lipinski definition) is 1. The summed E-state index contributed by atoms with van der Waals surface area (Å²) in [4.78, 5) is 13.9. The van der Waals surface area contributed by atoms with Gasteiger partial charge in [0.2, 0.25) is 0 Å². The summed E-state index contributed by atoms with van der Waals surface area (Å²) in [6, 6.07) is 12.1. The summed E-state index contributed by atoms with van der Waals surface area (Å²) in [5.74, 6) is -0.386. The van der Waals surface area contributed by atoms with E-state index in [0.29, 0.717) is 11.1 Å². The molecule has 2 aromatic carbocycles. The minimum absolute atomic E-state index is 0.101. The first-order valence-electron chi connectivity index (χ1n) is 6.55. The first-order chi connectivity index (χ1) is 9.49. The van der Waals surface area contributed by atoms with Crippen molar-refractivity contribution in [3.8, 4) is 0 Å².